The number of aliphatic hydroxyl groups excluding tert-OH is 1. The molecule has 1 heterocycles. The summed E-state index contributed by atoms with van der Waals surface area (Å²) in [4.78, 5) is 14.1. The lowest BCUT2D eigenvalue weighted by atomic mass is 9.80. The maximum atomic E-state index is 12.4. The standard InChI is InChI=1S/C15H30N2O3/c1-14(2,3)20-13(19)17-10-15(4,5)8-6-11(17)12(18)7-9-16/h11-12,18H,6-10,16H2,1-5H3. The fraction of sp³-hybridized carbons (Fsp3) is 0.933. The summed E-state index contributed by atoms with van der Waals surface area (Å²) in [7, 11) is 0. The van der Waals surface area contributed by atoms with Crippen molar-refractivity contribution >= 4 is 6.09 Å². The molecule has 1 fully saturated rings. The maximum Gasteiger partial charge on any atom is 0.410 e. The van der Waals surface area contributed by atoms with E-state index in [0.717, 1.165) is 12.8 Å². The number of amides is 1. The molecule has 1 aliphatic rings. The van der Waals surface area contributed by atoms with Crippen molar-refractivity contribution in [3.63, 3.8) is 0 Å². The van der Waals surface area contributed by atoms with E-state index in [1.165, 1.54) is 0 Å². The van der Waals surface area contributed by atoms with Gasteiger partial charge in [-0.3, -0.25) is 0 Å². The molecular formula is C15H30N2O3. The van der Waals surface area contributed by atoms with Gasteiger partial charge in [0.15, 0.2) is 0 Å². The monoisotopic (exact) mass is 286 g/mol. The van der Waals surface area contributed by atoms with E-state index < -0.39 is 11.7 Å². The highest BCUT2D eigenvalue weighted by atomic mass is 16.6. The lowest BCUT2D eigenvalue weighted by Gasteiger charge is -2.45. The molecule has 1 saturated heterocycles. The molecule has 0 aromatic carbocycles. The fourth-order valence-electron chi connectivity index (χ4n) is 2.64. The Labute approximate surface area is 122 Å². The minimum absolute atomic E-state index is 0.0514. The fourth-order valence-corrected chi connectivity index (χ4v) is 2.64. The van der Waals surface area contributed by atoms with E-state index in [9.17, 15) is 9.90 Å². The molecule has 0 radical (unpaired) electrons. The van der Waals surface area contributed by atoms with Crippen molar-refractivity contribution in [3.8, 4) is 0 Å². The number of hydrogen-bond acceptors (Lipinski definition) is 4. The first-order valence-electron chi connectivity index (χ1n) is 7.43. The topological polar surface area (TPSA) is 75.8 Å². The average Bonchev–Trinajstić information content (AvgIpc) is 2.25. The molecule has 0 bridgehead atoms. The molecule has 1 amide bonds. The first-order chi connectivity index (χ1) is 9.06. The summed E-state index contributed by atoms with van der Waals surface area (Å²) >= 11 is 0. The zero-order valence-corrected chi connectivity index (χ0v) is 13.5. The van der Waals surface area contributed by atoms with E-state index in [1.807, 2.05) is 20.8 Å². The number of aliphatic hydroxyl groups is 1. The van der Waals surface area contributed by atoms with Crippen molar-refractivity contribution in [2.45, 2.75) is 71.6 Å². The van der Waals surface area contributed by atoms with Gasteiger partial charge in [0.2, 0.25) is 0 Å². The molecule has 20 heavy (non-hydrogen) atoms. The van der Waals surface area contributed by atoms with Crippen LogP contribution in [0.3, 0.4) is 0 Å². The SMILES string of the molecule is CC1(C)CCC(C(O)CCN)N(C(=O)OC(C)(C)C)C1. The van der Waals surface area contributed by atoms with Crippen LogP contribution in [0.5, 0.6) is 0 Å². The summed E-state index contributed by atoms with van der Waals surface area (Å²) in [6.45, 7) is 10.9. The molecule has 0 aromatic rings. The second-order valence-electron chi connectivity index (χ2n) is 7.52. The van der Waals surface area contributed by atoms with Crippen LogP contribution in [0.15, 0.2) is 0 Å². The van der Waals surface area contributed by atoms with Gasteiger partial charge in [-0.05, 0) is 52.0 Å². The van der Waals surface area contributed by atoms with E-state index >= 15 is 0 Å². The Hall–Kier alpha value is -0.810. The van der Waals surface area contributed by atoms with Gasteiger partial charge in [-0.15, -0.1) is 0 Å². The van der Waals surface area contributed by atoms with Gasteiger partial charge in [0, 0.05) is 6.54 Å². The molecule has 0 aliphatic carbocycles. The highest BCUT2D eigenvalue weighted by molar-refractivity contribution is 5.69. The Morgan fingerprint density at radius 3 is 2.60 bits per heavy atom. The van der Waals surface area contributed by atoms with Gasteiger partial charge in [0.25, 0.3) is 0 Å². The number of likely N-dealkylation sites (tertiary alicyclic amines) is 1. The van der Waals surface area contributed by atoms with Crippen LogP contribution in [-0.2, 0) is 4.74 Å². The predicted octanol–water partition coefficient (Wildman–Crippen LogP) is 2.12. The number of nitrogens with two attached hydrogens (primary N) is 1. The number of nitrogens with zero attached hydrogens (tertiary/aromatic N) is 1. The minimum Gasteiger partial charge on any atom is -0.444 e. The summed E-state index contributed by atoms with van der Waals surface area (Å²) in [6.07, 6.45) is 1.35. The van der Waals surface area contributed by atoms with Crippen molar-refractivity contribution in [3.05, 3.63) is 0 Å². The zero-order chi connectivity index (χ0) is 15.6. The van der Waals surface area contributed by atoms with Crippen LogP contribution in [0.25, 0.3) is 0 Å². The van der Waals surface area contributed by atoms with Gasteiger partial charge in [-0.2, -0.15) is 0 Å². The Bertz CT molecular complexity index is 337. The van der Waals surface area contributed by atoms with Crippen molar-refractivity contribution < 1.29 is 14.6 Å². The molecule has 0 aromatic heterocycles. The van der Waals surface area contributed by atoms with Crippen LogP contribution < -0.4 is 5.73 Å². The third-order valence-corrected chi connectivity index (χ3v) is 3.65. The Morgan fingerprint density at radius 1 is 1.50 bits per heavy atom. The smallest absolute Gasteiger partial charge is 0.410 e. The largest absolute Gasteiger partial charge is 0.444 e. The molecule has 118 valence electrons. The Morgan fingerprint density at radius 2 is 2.10 bits per heavy atom. The highest BCUT2D eigenvalue weighted by Crippen LogP contribution is 2.34. The molecule has 0 saturated carbocycles. The van der Waals surface area contributed by atoms with Gasteiger partial charge < -0.3 is 20.5 Å². The van der Waals surface area contributed by atoms with Crippen molar-refractivity contribution in [1.29, 1.82) is 0 Å². The van der Waals surface area contributed by atoms with Crippen molar-refractivity contribution in [1.82, 2.24) is 4.90 Å². The van der Waals surface area contributed by atoms with Crippen LogP contribution >= 0.6 is 0 Å². The summed E-state index contributed by atoms with van der Waals surface area (Å²) in [6, 6.07) is -0.193. The zero-order valence-electron chi connectivity index (χ0n) is 13.5. The van der Waals surface area contributed by atoms with E-state index in [2.05, 4.69) is 13.8 Å². The number of piperidine rings is 1. The Kier molecular flexibility index (Phi) is 5.44. The molecule has 1 rings (SSSR count). The number of rotatable bonds is 3. The molecule has 5 heteroatoms. The second-order valence-corrected chi connectivity index (χ2v) is 7.52. The lowest BCUT2D eigenvalue weighted by molar-refractivity contribution is -0.0381. The van der Waals surface area contributed by atoms with Gasteiger partial charge in [0.1, 0.15) is 5.60 Å². The van der Waals surface area contributed by atoms with Crippen LogP contribution in [0.2, 0.25) is 0 Å². The first-order valence-corrected chi connectivity index (χ1v) is 7.43. The third kappa shape index (κ3) is 4.94. The molecule has 1 aliphatic heterocycles. The molecule has 2 atom stereocenters. The van der Waals surface area contributed by atoms with Gasteiger partial charge >= 0.3 is 6.09 Å². The van der Waals surface area contributed by atoms with Gasteiger partial charge in [-0.25, -0.2) is 4.79 Å². The van der Waals surface area contributed by atoms with Crippen molar-refractivity contribution in [2.75, 3.05) is 13.1 Å². The first kappa shape index (κ1) is 17.2. The Balaban J connectivity index is 2.84. The molecule has 2 unspecified atom stereocenters. The van der Waals surface area contributed by atoms with Gasteiger partial charge in [0.05, 0.1) is 12.1 Å². The lowest BCUT2D eigenvalue weighted by Crippen LogP contribution is -2.55. The molecular weight excluding hydrogens is 256 g/mol. The van der Waals surface area contributed by atoms with Crippen LogP contribution in [0.4, 0.5) is 4.79 Å². The highest BCUT2D eigenvalue weighted by Gasteiger charge is 2.40. The van der Waals surface area contributed by atoms with Crippen molar-refractivity contribution in [2.24, 2.45) is 11.1 Å². The molecule has 0 spiro atoms. The number of ether oxygens (including phenoxy) is 1. The normalized spacial score (nSPS) is 24.4. The van der Waals surface area contributed by atoms with Gasteiger partial charge in [-0.1, -0.05) is 13.8 Å². The summed E-state index contributed by atoms with van der Waals surface area (Å²) in [5, 5.41) is 10.2. The average molecular weight is 286 g/mol. The minimum atomic E-state index is -0.580. The van der Waals surface area contributed by atoms with Crippen LogP contribution in [-0.4, -0.2) is 46.9 Å². The van der Waals surface area contributed by atoms with E-state index in [0.29, 0.717) is 19.5 Å². The van der Waals surface area contributed by atoms with Crippen LogP contribution in [0.1, 0.15) is 53.9 Å². The summed E-state index contributed by atoms with van der Waals surface area (Å²) in [5.74, 6) is 0. The quantitative estimate of drug-likeness (QED) is 0.833. The van der Waals surface area contributed by atoms with E-state index in [-0.39, 0.29) is 17.6 Å². The summed E-state index contributed by atoms with van der Waals surface area (Å²) in [5.41, 5.74) is 5.04. The summed E-state index contributed by atoms with van der Waals surface area (Å²) < 4.78 is 5.47. The predicted molar refractivity (Wildman–Crippen MR) is 79.4 cm³/mol. The van der Waals surface area contributed by atoms with Crippen LogP contribution in [0, 0.1) is 5.41 Å². The second kappa shape index (κ2) is 6.31. The van der Waals surface area contributed by atoms with E-state index in [4.69, 9.17) is 10.5 Å². The van der Waals surface area contributed by atoms with E-state index in [1.54, 1.807) is 4.90 Å². The molecule has 3 N–H and O–H groups in total. The number of hydrogen-bond donors (Lipinski definition) is 2. The maximum absolute atomic E-state index is 12.4. The molecule has 5 nitrogen and oxygen atoms in total. The number of carbonyl (C=O) groups excluding carboxylic acids is 1. The number of carbonyl (C=O) groups is 1. The third-order valence-electron chi connectivity index (χ3n) is 3.65.